The van der Waals surface area contributed by atoms with E-state index in [0.717, 1.165) is 5.82 Å². The molecule has 0 fully saturated rings. The fourth-order valence-corrected chi connectivity index (χ4v) is 1.11. The topological polar surface area (TPSA) is 46.5 Å². The van der Waals surface area contributed by atoms with Gasteiger partial charge in [0.1, 0.15) is 5.82 Å². The molecule has 0 aliphatic rings. The Labute approximate surface area is 76.6 Å². The molecule has 0 amide bonds. The maximum Gasteiger partial charge on any atom is 0.252 e. The van der Waals surface area contributed by atoms with Crippen molar-refractivity contribution in [2.75, 3.05) is 0 Å². The first-order valence-corrected chi connectivity index (χ1v) is 4.33. The van der Waals surface area contributed by atoms with Crippen LogP contribution in [0.25, 0.3) is 5.95 Å². The fraction of sp³-hybridized carbons (Fsp3) is 0.333. The van der Waals surface area contributed by atoms with Gasteiger partial charge in [0.15, 0.2) is 0 Å². The van der Waals surface area contributed by atoms with Crippen LogP contribution in [-0.2, 0) is 0 Å². The van der Waals surface area contributed by atoms with E-state index in [2.05, 4.69) is 29.0 Å². The molecule has 68 valence electrons. The number of nitrogens with zero attached hydrogens (tertiary/aromatic N) is 3. The summed E-state index contributed by atoms with van der Waals surface area (Å²) in [6.45, 7) is 4.17. The predicted octanol–water partition coefficient (Wildman–Crippen LogP) is 1.72. The Morgan fingerprint density at radius 2 is 2.00 bits per heavy atom. The SMILES string of the molecule is CC(C)c1nc(-n2cccc2)n[nH]1. The van der Waals surface area contributed by atoms with Crippen LogP contribution >= 0.6 is 0 Å². The summed E-state index contributed by atoms with van der Waals surface area (Å²) < 4.78 is 1.88. The maximum atomic E-state index is 4.35. The Morgan fingerprint density at radius 3 is 2.54 bits per heavy atom. The molecule has 4 nitrogen and oxygen atoms in total. The third-order valence-electron chi connectivity index (χ3n) is 1.87. The Kier molecular flexibility index (Phi) is 1.88. The van der Waals surface area contributed by atoms with Crippen LogP contribution in [0.2, 0.25) is 0 Å². The van der Waals surface area contributed by atoms with Crippen LogP contribution < -0.4 is 0 Å². The van der Waals surface area contributed by atoms with Crippen molar-refractivity contribution >= 4 is 0 Å². The Hall–Kier alpha value is -1.58. The summed E-state index contributed by atoms with van der Waals surface area (Å²) in [6, 6.07) is 3.90. The van der Waals surface area contributed by atoms with E-state index in [1.54, 1.807) is 0 Å². The van der Waals surface area contributed by atoms with Gasteiger partial charge < -0.3 is 0 Å². The lowest BCUT2D eigenvalue weighted by atomic mass is 10.2. The van der Waals surface area contributed by atoms with Crippen LogP contribution in [0.15, 0.2) is 24.5 Å². The van der Waals surface area contributed by atoms with Gasteiger partial charge in [-0.2, -0.15) is 4.98 Å². The highest BCUT2D eigenvalue weighted by molar-refractivity contribution is 5.13. The number of nitrogens with one attached hydrogen (secondary N) is 1. The van der Waals surface area contributed by atoms with E-state index >= 15 is 0 Å². The number of H-pyrrole nitrogens is 1. The zero-order valence-electron chi connectivity index (χ0n) is 7.73. The molecule has 1 N–H and O–H groups in total. The number of hydrogen-bond donors (Lipinski definition) is 1. The molecule has 2 heterocycles. The molecule has 0 aromatic carbocycles. The molecule has 0 aliphatic heterocycles. The van der Waals surface area contributed by atoms with E-state index in [1.807, 2.05) is 29.1 Å². The largest absolute Gasteiger partial charge is 0.292 e. The van der Waals surface area contributed by atoms with E-state index in [-0.39, 0.29) is 0 Å². The summed E-state index contributed by atoms with van der Waals surface area (Å²) in [4.78, 5) is 4.35. The molecular formula is C9H12N4. The van der Waals surface area contributed by atoms with Gasteiger partial charge in [-0.1, -0.05) is 13.8 Å². The van der Waals surface area contributed by atoms with Crippen molar-refractivity contribution in [3.05, 3.63) is 30.4 Å². The molecule has 13 heavy (non-hydrogen) atoms. The molecule has 0 saturated heterocycles. The molecule has 0 spiro atoms. The smallest absolute Gasteiger partial charge is 0.252 e. The molecule has 2 rings (SSSR count). The van der Waals surface area contributed by atoms with E-state index in [9.17, 15) is 0 Å². The van der Waals surface area contributed by atoms with E-state index in [4.69, 9.17) is 0 Å². The van der Waals surface area contributed by atoms with Gasteiger partial charge >= 0.3 is 0 Å². The van der Waals surface area contributed by atoms with E-state index < -0.39 is 0 Å². The molecule has 2 aromatic rings. The maximum absolute atomic E-state index is 4.35. The second-order valence-corrected chi connectivity index (χ2v) is 3.27. The van der Waals surface area contributed by atoms with Gasteiger partial charge in [0.05, 0.1) is 0 Å². The normalized spacial score (nSPS) is 11.0. The first kappa shape index (κ1) is 8.04. The lowest BCUT2D eigenvalue weighted by Crippen LogP contribution is -1.93. The average Bonchev–Trinajstić information content (AvgIpc) is 2.75. The van der Waals surface area contributed by atoms with Gasteiger partial charge in [0, 0.05) is 18.3 Å². The third-order valence-corrected chi connectivity index (χ3v) is 1.87. The molecule has 0 saturated carbocycles. The van der Waals surface area contributed by atoms with Gasteiger partial charge in [-0.25, -0.2) is 0 Å². The Morgan fingerprint density at radius 1 is 1.31 bits per heavy atom. The van der Waals surface area contributed by atoms with Crippen LogP contribution in [0.1, 0.15) is 25.6 Å². The number of rotatable bonds is 2. The Balaban J connectivity index is 2.33. The monoisotopic (exact) mass is 176 g/mol. The fourth-order valence-electron chi connectivity index (χ4n) is 1.11. The van der Waals surface area contributed by atoms with Crippen molar-refractivity contribution in [2.24, 2.45) is 0 Å². The molecule has 0 unspecified atom stereocenters. The van der Waals surface area contributed by atoms with Crippen LogP contribution in [0.5, 0.6) is 0 Å². The van der Waals surface area contributed by atoms with Gasteiger partial charge in [-0.15, -0.1) is 5.10 Å². The minimum absolute atomic E-state index is 0.386. The van der Waals surface area contributed by atoms with Gasteiger partial charge in [-0.3, -0.25) is 9.67 Å². The number of aromatic amines is 1. The van der Waals surface area contributed by atoms with Crippen molar-refractivity contribution in [1.29, 1.82) is 0 Å². The first-order chi connectivity index (χ1) is 6.27. The number of aromatic nitrogens is 4. The summed E-state index contributed by atoms with van der Waals surface area (Å²) >= 11 is 0. The lowest BCUT2D eigenvalue weighted by molar-refractivity contribution is 0.780. The van der Waals surface area contributed by atoms with Crippen molar-refractivity contribution in [1.82, 2.24) is 19.7 Å². The van der Waals surface area contributed by atoms with Gasteiger partial charge in [0.25, 0.3) is 5.95 Å². The van der Waals surface area contributed by atoms with E-state index in [1.165, 1.54) is 0 Å². The first-order valence-electron chi connectivity index (χ1n) is 4.33. The van der Waals surface area contributed by atoms with Crippen molar-refractivity contribution < 1.29 is 0 Å². The third kappa shape index (κ3) is 1.47. The quantitative estimate of drug-likeness (QED) is 0.757. The van der Waals surface area contributed by atoms with Crippen molar-refractivity contribution in [3.63, 3.8) is 0 Å². The van der Waals surface area contributed by atoms with E-state index in [0.29, 0.717) is 11.9 Å². The number of hydrogen-bond acceptors (Lipinski definition) is 2. The minimum Gasteiger partial charge on any atom is -0.292 e. The van der Waals surface area contributed by atoms with Crippen molar-refractivity contribution in [3.8, 4) is 5.95 Å². The second kappa shape index (κ2) is 3.05. The molecule has 0 aliphatic carbocycles. The molecule has 0 radical (unpaired) electrons. The van der Waals surface area contributed by atoms with Crippen LogP contribution in [0, 0.1) is 0 Å². The van der Waals surface area contributed by atoms with Crippen LogP contribution in [0.4, 0.5) is 0 Å². The van der Waals surface area contributed by atoms with Gasteiger partial charge in [-0.05, 0) is 12.1 Å². The highest BCUT2D eigenvalue weighted by Gasteiger charge is 2.06. The molecule has 2 aromatic heterocycles. The molecule has 4 heteroatoms. The highest BCUT2D eigenvalue weighted by atomic mass is 15.3. The highest BCUT2D eigenvalue weighted by Crippen LogP contribution is 2.09. The van der Waals surface area contributed by atoms with Crippen molar-refractivity contribution in [2.45, 2.75) is 19.8 Å². The summed E-state index contributed by atoms with van der Waals surface area (Å²) in [6.07, 6.45) is 3.85. The van der Waals surface area contributed by atoms with Crippen LogP contribution in [-0.4, -0.2) is 19.7 Å². The lowest BCUT2D eigenvalue weighted by Gasteiger charge is -1.95. The summed E-state index contributed by atoms with van der Waals surface area (Å²) in [7, 11) is 0. The zero-order valence-corrected chi connectivity index (χ0v) is 7.73. The summed E-state index contributed by atoms with van der Waals surface area (Å²) in [5.41, 5.74) is 0. The Bertz CT molecular complexity index is 372. The molecular weight excluding hydrogens is 164 g/mol. The summed E-state index contributed by atoms with van der Waals surface area (Å²) in [5.74, 6) is 2.01. The minimum atomic E-state index is 0.386. The summed E-state index contributed by atoms with van der Waals surface area (Å²) in [5, 5.41) is 7.02. The standard InChI is InChI=1S/C9H12N4/c1-7(2)8-10-9(12-11-8)13-5-3-4-6-13/h3-7H,1-2H3,(H,10,11,12). The predicted molar refractivity (Wildman–Crippen MR) is 49.8 cm³/mol. The molecule has 0 bridgehead atoms. The van der Waals surface area contributed by atoms with Gasteiger partial charge in [0.2, 0.25) is 0 Å². The molecule has 0 atom stereocenters. The van der Waals surface area contributed by atoms with Crippen LogP contribution in [0.3, 0.4) is 0 Å². The zero-order chi connectivity index (χ0) is 9.26. The second-order valence-electron chi connectivity index (χ2n) is 3.27. The average molecular weight is 176 g/mol.